The Balaban J connectivity index is 1.56. The molecule has 0 unspecified atom stereocenters. The molecule has 0 aliphatic carbocycles. The van der Waals surface area contributed by atoms with Crippen LogP contribution in [0.1, 0.15) is 25.0 Å². The van der Waals surface area contributed by atoms with Gasteiger partial charge < -0.3 is 16.0 Å². The van der Waals surface area contributed by atoms with Gasteiger partial charge in [0.15, 0.2) is 0 Å². The van der Waals surface area contributed by atoms with Crippen molar-refractivity contribution in [2.24, 2.45) is 0 Å². The molecule has 4 heteroatoms. The summed E-state index contributed by atoms with van der Waals surface area (Å²) in [4.78, 5) is 12.6. The van der Waals surface area contributed by atoms with Crippen molar-refractivity contribution in [3.8, 4) is 0 Å². The average Bonchev–Trinajstić information content (AvgIpc) is 2.76. The van der Waals surface area contributed by atoms with Gasteiger partial charge >= 0.3 is 0 Å². The van der Waals surface area contributed by atoms with Gasteiger partial charge in [0.2, 0.25) is 5.91 Å². The van der Waals surface area contributed by atoms with Crippen LogP contribution < -0.4 is 16.0 Å². The molecule has 0 saturated carbocycles. The molecular formula is C25H29N3O. The van der Waals surface area contributed by atoms with Crippen LogP contribution in [0.5, 0.6) is 0 Å². The Morgan fingerprint density at radius 3 is 2.17 bits per heavy atom. The molecule has 3 aromatic carbocycles. The van der Waals surface area contributed by atoms with Gasteiger partial charge in [0.25, 0.3) is 0 Å². The Hall–Kier alpha value is -3.27. The average molecular weight is 388 g/mol. The predicted molar refractivity (Wildman–Crippen MR) is 123 cm³/mol. The number of benzene rings is 3. The van der Waals surface area contributed by atoms with E-state index in [4.69, 9.17) is 0 Å². The minimum absolute atomic E-state index is 0.0617. The third-order valence-corrected chi connectivity index (χ3v) is 4.89. The molecule has 0 spiro atoms. The van der Waals surface area contributed by atoms with E-state index in [-0.39, 0.29) is 11.9 Å². The Morgan fingerprint density at radius 1 is 0.828 bits per heavy atom. The molecule has 0 aliphatic heterocycles. The number of hydrogen-bond acceptors (Lipinski definition) is 3. The van der Waals surface area contributed by atoms with Crippen LogP contribution in [0, 0.1) is 0 Å². The standard InChI is InChI=1S/C25H29N3O/c1-3-20-13-15-22(16-14-20)28-25(29)19(2)27-24-12-8-7-11-23(24)26-18-17-21-9-5-4-6-10-21/h4-16,19,26-27H,3,17-18H2,1-2H3,(H,28,29)/t19-/m0/s1. The number of aryl methyl sites for hydroxylation is 1. The quantitative estimate of drug-likeness (QED) is 0.464. The molecule has 0 heterocycles. The first-order chi connectivity index (χ1) is 14.2. The molecule has 4 nitrogen and oxygen atoms in total. The first kappa shape index (κ1) is 20.5. The molecule has 3 aromatic rings. The highest BCUT2D eigenvalue weighted by atomic mass is 16.2. The topological polar surface area (TPSA) is 53.2 Å². The van der Waals surface area contributed by atoms with Gasteiger partial charge in [-0.3, -0.25) is 4.79 Å². The van der Waals surface area contributed by atoms with Crippen LogP contribution in [0.15, 0.2) is 78.9 Å². The Kier molecular flexibility index (Phi) is 7.28. The van der Waals surface area contributed by atoms with Crippen molar-refractivity contribution in [3.05, 3.63) is 90.0 Å². The Morgan fingerprint density at radius 2 is 1.48 bits per heavy atom. The second kappa shape index (κ2) is 10.3. The number of rotatable bonds is 9. The molecule has 0 saturated heterocycles. The fraction of sp³-hybridized carbons (Fsp3) is 0.240. The van der Waals surface area contributed by atoms with Crippen LogP contribution in [-0.4, -0.2) is 18.5 Å². The van der Waals surface area contributed by atoms with Gasteiger partial charge in [0.1, 0.15) is 6.04 Å². The number of amides is 1. The lowest BCUT2D eigenvalue weighted by molar-refractivity contribution is -0.116. The van der Waals surface area contributed by atoms with E-state index < -0.39 is 0 Å². The minimum atomic E-state index is -0.363. The van der Waals surface area contributed by atoms with E-state index in [2.05, 4.69) is 47.1 Å². The highest BCUT2D eigenvalue weighted by molar-refractivity contribution is 5.96. The molecule has 1 amide bonds. The third-order valence-electron chi connectivity index (χ3n) is 4.89. The van der Waals surface area contributed by atoms with Crippen LogP contribution >= 0.6 is 0 Å². The van der Waals surface area contributed by atoms with E-state index in [1.54, 1.807) is 0 Å². The summed E-state index contributed by atoms with van der Waals surface area (Å²) >= 11 is 0. The molecule has 150 valence electrons. The summed E-state index contributed by atoms with van der Waals surface area (Å²) in [6.45, 7) is 4.81. The van der Waals surface area contributed by atoms with Gasteiger partial charge in [-0.15, -0.1) is 0 Å². The first-order valence-electron chi connectivity index (χ1n) is 10.2. The second-order valence-electron chi connectivity index (χ2n) is 7.11. The number of carbonyl (C=O) groups excluding carboxylic acids is 1. The Bertz CT molecular complexity index is 907. The van der Waals surface area contributed by atoms with Crippen molar-refractivity contribution in [2.45, 2.75) is 32.7 Å². The summed E-state index contributed by atoms with van der Waals surface area (Å²) in [6, 6.07) is 26.0. The fourth-order valence-electron chi connectivity index (χ4n) is 3.12. The molecule has 0 aliphatic rings. The highest BCUT2D eigenvalue weighted by Gasteiger charge is 2.14. The van der Waals surface area contributed by atoms with Crippen molar-refractivity contribution >= 4 is 23.0 Å². The zero-order valence-electron chi connectivity index (χ0n) is 17.1. The van der Waals surface area contributed by atoms with Crippen molar-refractivity contribution in [1.29, 1.82) is 0 Å². The van der Waals surface area contributed by atoms with Gasteiger partial charge in [0.05, 0.1) is 11.4 Å². The van der Waals surface area contributed by atoms with Gasteiger partial charge in [-0.2, -0.15) is 0 Å². The van der Waals surface area contributed by atoms with Crippen molar-refractivity contribution in [1.82, 2.24) is 0 Å². The lowest BCUT2D eigenvalue weighted by Gasteiger charge is -2.19. The van der Waals surface area contributed by atoms with E-state index in [0.717, 1.165) is 36.4 Å². The number of para-hydroxylation sites is 2. The summed E-state index contributed by atoms with van der Waals surface area (Å²) in [5.41, 5.74) is 5.28. The van der Waals surface area contributed by atoms with Gasteiger partial charge in [-0.25, -0.2) is 0 Å². The summed E-state index contributed by atoms with van der Waals surface area (Å²) in [6.07, 6.45) is 1.93. The molecule has 0 fully saturated rings. The molecule has 3 N–H and O–H groups in total. The van der Waals surface area contributed by atoms with Gasteiger partial charge in [0, 0.05) is 12.2 Å². The van der Waals surface area contributed by atoms with E-state index >= 15 is 0 Å². The second-order valence-corrected chi connectivity index (χ2v) is 7.11. The van der Waals surface area contributed by atoms with Crippen LogP contribution in [0.2, 0.25) is 0 Å². The van der Waals surface area contributed by atoms with Gasteiger partial charge in [-0.05, 0) is 55.2 Å². The van der Waals surface area contributed by atoms with E-state index in [1.807, 2.05) is 61.5 Å². The Labute approximate surface area is 173 Å². The third kappa shape index (κ3) is 6.11. The van der Waals surface area contributed by atoms with Crippen LogP contribution in [0.4, 0.5) is 17.1 Å². The minimum Gasteiger partial charge on any atom is -0.383 e. The van der Waals surface area contributed by atoms with Crippen LogP contribution in [0.3, 0.4) is 0 Å². The zero-order valence-corrected chi connectivity index (χ0v) is 17.1. The van der Waals surface area contributed by atoms with E-state index in [1.165, 1.54) is 11.1 Å². The maximum atomic E-state index is 12.6. The summed E-state index contributed by atoms with van der Waals surface area (Å²) in [5.74, 6) is -0.0617. The van der Waals surface area contributed by atoms with Crippen molar-refractivity contribution in [2.75, 3.05) is 22.5 Å². The molecule has 3 rings (SSSR count). The lowest BCUT2D eigenvalue weighted by Crippen LogP contribution is -2.32. The zero-order chi connectivity index (χ0) is 20.5. The normalized spacial score (nSPS) is 11.5. The molecular weight excluding hydrogens is 358 g/mol. The number of carbonyl (C=O) groups is 1. The summed E-state index contributed by atoms with van der Waals surface area (Å²) < 4.78 is 0. The van der Waals surface area contributed by atoms with Crippen LogP contribution in [0.25, 0.3) is 0 Å². The number of nitrogens with one attached hydrogen (secondary N) is 3. The largest absolute Gasteiger partial charge is 0.383 e. The monoisotopic (exact) mass is 387 g/mol. The molecule has 29 heavy (non-hydrogen) atoms. The summed E-state index contributed by atoms with van der Waals surface area (Å²) in [7, 11) is 0. The van der Waals surface area contributed by atoms with E-state index in [0.29, 0.717) is 0 Å². The predicted octanol–water partition coefficient (Wildman–Crippen LogP) is 5.34. The summed E-state index contributed by atoms with van der Waals surface area (Å²) in [5, 5.41) is 9.78. The maximum Gasteiger partial charge on any atom is 0.246 e. The smallest absolute Gasteiger partial charge is 0.246 e. The lowest BCUT2D eigenvalue weighted by atomic mass is 10.1. The molecule has 1 atom stereocenters. The highest BCUT2D eigenvalue weighted by Crippen LogP contribution is 2.22. The van der Waals surface area contributed by atoms with Crippen LogP contribution in [-0.2, 0) is 17.6 Å². The van der Waals surface area contributed by atoms with Crippen molar-refractivity contribution in [3.63, 3.8) is 0 Å². The fourth-order valence-corrected chi connectivity index (χ4v) is 3.12. The molecule has 0 radical (unpaired) electrons. The number of anilines is 3. The van der Waals surface area contributed by atoms with Gasteiger partial charge in [-0.1, -0.05) is 61.5 Å². The molecule has 0 bridgehead atoms. The SMILES string of the molecule is CCc1ccc(NC(=O)[C@H](C)Nc2ccccc2NCCc2ccccc2)cc1. The number of hydrogen-bond donors (Lipinski definition) is 3. The molecule has 0 aromatic heterocycles. The first-order valence-corrected chi connectivity index (χ1v) is 10.2. The maximum absolute atomic E-state index is 12.6. The van der Waals surface area contributed by atoms with Crippen molar-refractivity contribution < 1.29 is 4.79 Å². The van der Waals surface area contributed by atoms with E-state index in [9.17, 15) is 4.79 Å².